The Hall–Kier alpha value is -3.46. The molecule has 2 atom stereocenters. The predicted molar refractivity (Wildman–Crippen MR) is 141 cm³/mol. The number of phenolic OH excluding ortho intramolecular Hbond substituents is 1. The Morgan fingerprint density at radius 3 is 2.35 bits per heavy atom. The van der Waals surface area contributed by atoms with Crippen molar-refractivity contribution in [3.05, 3.63) is 53.6 Å². The number of hydrogen-bond acceptors (Lipinski definition) is 6. The highest BCUT2D eigenvalue weighted by Crippen LogP contribution is 2.43. The smallest absolute Gasteiger partial charge is 0.246 e. The van der Waals surface area contributed by atoms with Crippen LogP contribution in [0.2, 0.25) is 5.02 Å². The van der Waals surface area contributed by atoms with E-state index in [0.29, 0.717) is 36.2 Å². The number of rotatable bonds is 4. The highest BCUT2D eigenvalue weighted by molar-refractivity contribution is 6.34. The molecular weight excluding hydrogens is 500 g/mol. The Labute approximate surface area is 219 Å². The zero-order chi connectivity index (χ0) is 26.6. The first-order chi connectivity index (χ1) is 17.6. The van der Waals surface area contributed by atoms with Crippen LogP contribution >= 0.6 is 11.6 Å². The number of nitrogens with zero attached hydrogens (tertiary/aromatic N) is 5. The first kappa shape index (κ1) is 25.2. The Bertz CT molecular complexity index is 1380. The minimum absolute atomic E-state index is 0.00786. The molecule has 0 radical (unpaired) electrons. The van der Waals surface area contributed by atoms with Crippen molar-refractivity contribution in [3.63, 3.8) is 0 Å². The number of aromatic hydroxyl groups is 1. The van der Waals surface area contributed by atoms with Gasteiger partial charge in [0.1, 0.15) is 22.9 Å². The summed E-state index contributed by atoms with van der Waals surface area (Å²) in [6.45, 7) is 12.0. The number of anilines is 2. The van der Waals surface area contributed by atoms with Crippen LogP contribution in [0.3, 0.4) is 0 Å². The van der Waals surface area contributed by atoms with Gasteiger partial charge >= 0.3 is 0 Å². The largest absolute Gasteiger partial charge is 0.507 e. The maximum Gasteiger partial charge on any atom is 0.246 e. The third-order valence-electron chi connectivity index (χ3n) is 7.09. The van der Waals surface area contributed by atoms with Crippen LogP contribution in [0.4, 0.5) is 20.5 Å². The fourth-order valence-corrected chi connectivity index (χ4v) is 5.72. The summed E-state index contributed by atoms with van der Waals surface area (Å²) in [7, 11) is 0. The minimum atomic E-state index is -0.831. The molecule has 2 aliphatic heterocycles. The first-order valence-electron chi connectivity index (χ1n) is 12.2. The average Bonchev–Trinajstić information content (AvgIpc) is 2.82. The molecule has 3 heterocycles. The highest BCUT2D eigenvalue weighted by atomic mass is 35.5. The summed E-state index contributed by atoms with van der Waals surface area (Å²) in [5, 5.41) is 10.6. The molecule has 0 unspecified atom stereocenters. The number of piperazine rings is 1. The molecule has 0 bridgehead atoms. The quantitative estimate of drug-likeness (QED) is 0.481. The van der Waals surface area contributed by atoms with E-state index in [1.807, 2.05) is 23.6 Å². The van der Waals surface area contributed by atoms with Crippen LogP contribution < -0.4 is 9.80 Å². The normalized spacial score (nSPS) is 20.3. The van der Waals surface area contributed by atoms with Crippen LogP contribution in [0, 0.1) is 17.6 Å². The second-order valence-corrected chi connectivity index (χ2v) is 10.4. The lowest BCUT2D eigenvalue weighted by atomic mass is 10.00. The summed E-state index contributed by atoms with van der Waals surface area (Å²) in [6, 6.07) is 4.98. The number of carbonyl (C=O) groups excluding carboxylic acids is 1. The summed E-state index contributed by atoms with van der Waals surface area (Å²) in [6.07, 6.45) is 1.31. The summed E-state index contributed by atoms with van der Waals surface area (Å²) < 4.78 is 30.9. The van der Waals surface area contributed by atoms with Gasteiger partial charge in [-0.15, -0.1) is 0 Å². The number of fused-ring (bicyclic) bond motifs is 1. The molecule has 1 N–H and O–H groups in total. The molecule has 7 nitrogen and oxygen atoms in total. The van der Waals surface area contributed by atoms with Gasteiger partial charge in [0.15, 0.2) is 5.82 Å². The van der Waals surface area contributed by atoms with Gasteiger partial charge in [-0.1, -0.05) is 31.2 Å². The van der Waals surface area contributed by atoms with E-state index in [0.717, 1.165) is 19.2 Å². The van der Waals surface area contributed by atoms with Gasteiger partial charge in [0.2, 0.25) is 11.9 Å². The lowest BCUT2D eigenvalue weighted by Gasteiger charge is -2.45. The molecule has 10 heteroatoms. The van der Waals surface area contributed by atoms with Crippen molar-refractivity contribution in [1.82, 2.24) is 14.9 Å². The highest BCUT2D eigenvalue weighted by Gasteiger charge is 2.35. The van der Waals surface area contributed by atoms with E-state index in [9.17, 15) is 14.3 Å². The van der Waals surface area contributed by atoms with E-state index in [4.69, 9.17) is 16.6 Å². The Morgan fingerprint density at radius 2 is 1.76 bits per heavy atom. The zero-order valence-electron chi connectivity index (χ0n) is 20.9. The number of phenols is 1. The van der Waals surface area contributed by atoms with Gasteiger partial charge in [0, 0.05) is 49.2 Å². The van der Waals surface area contributed by atoms with Crippen LogP contribution in [0.1, 0.15) is 20.8 Å². The van der Waals surface area contributed by atoms with Crippen molar-refractivity contribution >= 4 is 40.2 Å². The number of benzene rings is 2. The summed E-state index contributed by atoms with van der Waals surface area (Å²) in [4.78, 5) is 27.5. The molecule has 0 aliphatic carbocycles. The van der Waals surface area contributed by atoms with Crippen LogP contribution in [0.15, 0.2) is 36.9 Å². The van der Waals surface area contributed by atoms with E-state index in [2.05, 4.69) is 18.5 Å². The molecule has 5 rings (SSSR count). The van der Waals surface area contributed by atoms with E-state index < -0.39 is 17.4 Å². The van der Waals surface area contributed by atoms with Crippen LogP contribution in [-0.2, 0) is 4.79 Å². The molecule has 2 aromatic carbocycles. The molecule has 2 aliphatic rings. The van der Waals surface area contributed by atoms with Gasteiger partial charge in [-0.3, -0.25) is 4.79 Å². The first-order valence-corrected chi connectivity index (χ1v) is 12.6. The summed E-state index contributed by atoms with van der Waals surface area (Å²) in [5.74, 6) is -0.871. The minimum Gasteiger partial charge on any atom is -0.507 e. The third-order valence-corrected chi connectivity index (χ3v) is 7.39. The SMILES string of the molecule is C=CC(=O)N1[C@H](C)CN(c2nc(N3CC(C)C3)nc3c(F)c(-c4c(O)cccc4F)c(Cl)cc23)C[C@@H]1C. The number of hydrogen-bond donors (Lipinski definition) is 1. The van der Waals surface area contributed by atoms with Gasteiger partial charge in [-0.05, 0) is 44.0 Å². The van der Waals surface area contributed by atoms with Crippen LogP contribution in [0.5, 0.6) is 5.75 Å². The van der Waals surface area contributed by atoms with Crippen molar-refractivity contribution in [2.24, 2.45) is 5.92 Å². The van der Waals surface area contributed by atoms with Crippen LogP contribution in [-0.4, -0.2) is 64.1 Å². The van der Waals surface area contributed by atoms with E-state index in [-0.39, 0.29) is 39.7 Å². The number of carbonyl (C=O) groups is 1. The van der Waals surface area contributed by atoms with Crippen molar-refractivity contribution in [1.29, 1.82) is 0 Å². The van der Waals surface area contributed by atoms with E-state index in [1.54, 1.807) is 4.90 Å². The molecule has 37 heavy (non-hydrogen) atoms. The van der Waals surface area contributed by atoms with Crippen molar-refractivity contribution in [2.45, 2.75) is 32.9 Å². The summed E-state index contributed by atoms with van der Waals surface area (Å²) in [5.41, 5.74) is -0.572. The maximum atomic E-state index is 16.2. The zero-order valence-corrected chi connectivity index (χ0v) is 21.6. The van der Waals surface area contributed by atoms with Gasteiger partial charge in [0.05, 0.1) is 10.6 Å². The van der Waals surface area contributed by atoms with Crippen LogP contribution in [0.25, 0.3) is 22.0 Å². The monoisotopic (exact) mass is 527 g/mol. The number of aromatic nitrogens is 2. The van der Waals surface area contributed by atoms with E-state index >= 15 is 4.39 Å². The van der Waals surface area contributed by atoms with Gasteiger partial charge in [-0.2, -0.15) is 4.98 Å². The molecule has 3 aromatic rings. The Morgan fingerprint density at radius 1 is 1.08 bits per heavy atom. The van der Waals surface area contributed by atoms with Gasteiger partial charge < -0.3 is 19.8 Å². The fourth-order valence-electron chi connectivity index (χ4n) is 5.44. The molecule has 2 fully saturated rings. The second-order valence-electron chi connectivity index (χ2n) is 9.99. The standard InChI is InChI=1S/C27H28ClF2N5O2/c1-5-21(37)35-15(3)12-33(13-16(35)4)26-17-9-18(28)22(23-19(29)7-6-8-20(23)36)24(30)25(17)31-27(32-26)34-10-14(2)11-34/h5-9,14-16,36H,1,10-13H2,2-4H3/t15-,16+. The molecule has 1 amide bonds. The van der Waals surface area contributed by atoms with Gasteiger partial charge in [-0.25, -0.2) is 13.8 Å². The Balaban J connectivity index is 1.69. The topological polar surface area (TPSA) is 72.8 Å². The van der Waals surface area contributed by atoms with Crippen molar-refractivity contribution in [2.75, 3.05) is 36.0 Å². The molecule has 1 aromatic heterocycles. The third kappa shape index (κ3) is 4.25. The van der Waals surface area contributed by atoms with Gasteiger partial charge in [0.25, 0.3) is 0 Å². The lowest BCUT2D eigenvalue weighted by molar-refractivity contribution is -0.130. The molecule has 2 saturated heterocycles. The summed E-state index contributed by atoms with van der Waals surface area (Å²) >= 11 is 6.53. The molecule has 194 valence electrons. The maximum absolute atomic E-state index is 16.2. The molecular formula is C27H28ClF2N5O2. The second kappa shape index (κ2) is 9.45. The molecule has 0 saturated carbocycles. The number of halogens is 3. The van der Waals surface area contributed by atoms with E-state index in [1.165, 1.54) is 24.3 Å². The lowest BCUT2D eigenvalue weighted by Crippen LogP contribution is -2.58. The Kier molecular flexibility index (Phi) is 6.43. The fraction of sp³-hybridized carbons (Fsp3) is 0.370. The predicted octanol–water partition coefficient (Wildman–Crippen LogP) is 5.00. The molecule has 0 spiro atoms. The van der Waals surface area contributed by atoms with Crippen molar-refractivity contribution < 1.29 is 18.7 Å². The number of amides is 1. The van der Waals surface area contributed by atoms with Crippen molar-refractivity contribution in [3.8, 4) is 16.9 Å². The average molecular weight is 528 g/mol.